The van der Waals surface area contributed by atoms with Crippen LogP contribution in [0.3, 0.4) is 0 Å². The number of thioether (sulfide) groups is 1. The van der Waals surface area contributed by atoms with Crippen molar-refractivity contribution in [1.29, 1.82) is 0 Å². The zero-order valence-corrected chi connectivity index (χ0v) is 12.0. The minimum Gasteiger partial charge on any atom is -0.388 e. The van der Waals surface area contributed by atoms with Gasteiger partial charge in [0.25, 0.3) is 0 Å². The molecule has 0 aromatic heterocycles. The van der Waals surface area contributed by atoms with Crippen LogP contribution in [0.5, 0.6) is 0 Å². The summed E-state index contributed by atoms with van der Waals surface area (Å²) in [6, 6.07) is 12.3. The third kappa shape index (κ3) is 3.50. The molecule has 4 heteroatoms. The predicted molar refractivity (Wildman–Crippen MR) is 78.3 cm³/mol. The van der Waals surface area contributed by atoms with Crippen LogP contribution in [0.25, 0.3) is 0 Å². The molecule has 0 heterocycles. The van der Waals surface area contributed by atoms with Crippen molar-refractivity contribution in [2.24, 2.45) is 0 Å². The smallest absolute Gasteiger partial charge is 0.142 e. The number of rotatable bonds is 4. The second-order valence-electron chi connectivity index (χ2n) is 4.21. The van der Waals surface area contributed by atoms with E-state index in [9.17, 15) is 9.50 Å². The molecular weight excluding hydrogens is 283 g/mol. The summed E-state index contributed by atoms with van der Waals surface area (Å²) in [6.45, 7) is 0. The van der Waals surface area contributed by atoms with Gasteiger partial charge in [-0.2, -0.15) is 0 Å². The molecular formula is C15H14ClFOS. The lowest BCUT2D eigenvalue weighted by Gasteiger charge is -2.13. The van der Waals surface area contributed by atoms with E-state index < -0.39 is 11.9 Å². The Hall–Kier alpha value is -1.03. The normalized spacial score (nSPS) is 12.4. The molecule has 2 rings (SSSR count). The van der Waals surface area contributed by atoms with Crippen molar-refractivity contribution in [1.82, 2.24) is 0 Å². The summed E-state index contributed by atoms with van der Waals surface area (Å²) in [4.78, 5) is 1.14. The van der Waals surface area contributed by atoms with Gasteiger partial charge >= 0.3 is 0 Å². The van der Waals surface area contributed by atoms with Crippen LogP contribution in [0.4, 0.5) is 4.39 Å². The van der Waals surface area contributed by atoms with E-state index in [-0.39, 0.29) is 5.02 Å². The van der Waals surface area contributed by atoms with Crippen LogP contribution in [-0.4, -0.2) is 11.4 Å². The molecule has 1 unspecified atom stereocenters. The molecule has 1 nitrogen and oxygen atoms in total. The van der Waals surface area contributed by atoms with Crippen LogP contribution >= 0.6 is 23.4 Å². The Kier molecular flexibility index (Phi) is 4.86. The van der Waals surface area contributed by atoms with Gasteiger partial charge in [0.05, 0.1) is 11.1 Å². The first-order chi connectivity index (χ1) is 9.11. The molecule has 0 amide bonds. The van der Waals surface area contributed by atoms with Crippen molar-refractivity contribution in [3.8, 4) is 0 Å². The summed E-state index contributed by atoms with van der Waals surface area (Å²) in [6.07, 6.45) is 1.61. The van der Waals surface area contributed by atoms with Crippen molar-refractivity contribution >= 4 is 23.4 Å². The van der Waals surface area contributed by atoms with Gasteiger partial charge in [0.15, 0.2) is 0 Å². The van der Waals surface area contributed by atoms with Crippen molar-refractivity contribution in [3.05, 3.63) is 64.4 Å². The maximum atomic E-state index is 13.3. The van der Waals surface area contributed by atoms with E-state index in [0.717, 1.165) is 10.5 Å². The summed E-state index contributed by atoms with van der Waals surface area (Å²) >= 11 is 7.53. The first kappa shape index (κ1) is 14.4. The topological polar surface area (TPSA) is 20.2 Å². The highest BCUT2D eigenvalue weighted by Crippen LogP contribution is 2.26. The molecule has 100 valence electrons. The Morgan fingerprint density at radius 1 is 1.21 bits per heavy atom. The fourth-order valence-corrected chi connectivity index (χ4v) is 2.47. The summed E-state index contributed by atoms with van der Waals surface area (Å²) in [5.74, 6) is -0.455. The number of aliphatic hydroxyl groups is 1. The molecule has 0 saturated heterocycles. The Morgan fingerprint density at radius 2 is 1.89 bits per heavy atom. The van der Waals surface area contributed by atoms with Gasteiger partial charge < -0.3 is 5.11 Å². The third-order valence-corrected chi connectivity index (χ3v) is 4.11. The van der Waals surface area contributed by atoms with Gasteiger partial charge in [0, 0.05) is 11.3 Å². The van der Waals surface area contributed by atoms with Crippen molar-refractivity contribution in [2.45, 2.75) is 17.4 Å². The zero-order valence-electron chi connectivity index (χ0n) is 10.4. The van der Waals surface area contributed by atoms with Crippen LogP contribution in [0.15, 0.2) is 47.4 Å². The van der Waals surface area contributed by atoms with Gasteiger partial charge in [-0.05, 0) is 35.6 Å². The fraction of sp³-hybridized carbons (Fsp3) is 0.200. The van der Waals surface area contributed by atoms with Crippen LogP contribution in [0.1, 0.15) is 17.2 Å². The molecule has 2 aromatic carbocycles. The summed E-state index contributed by atoms with van der Waals surface area (Å²) in [5, 5.41) is 10.3. The number of aliphatic hydroxyl groups excluding tert-OH is 1. The highest BCUT2D eigenvalue weighted by atomic mass is 35.5. The van der Waals surface area contributed by atoms with Crippen LogP contribution in [-0.2, 0) is 6.42 Å². The third-order valence-electron chi connectivity index (χ3n) is 2.95. The average molecular weight is 297 g/mol. The van der Waals surface area contributed by atoms with E-state index in [1.54, 1.807) is 23.9 Å². The minimum absolute atomic E-state index is 0.0854. The summed E-state index contributed by atoms with van der Waals surface area (Å²) in [5.41, 5.74) is 1.42. The molecule has 2 aromatic rings. The lowest BCUT2D eigenvalue weighted by molar-refractivity contribution is 0.178. The average Bonchev–Trinajstić information content (AvgIpc) is 2.44. The number of hydrogen-bond acceptors (Lipinski definition) is 2. The molecule has 0 saturated carbocycles. The second-order valence-corrected chi connectivity index (χ2v) is 5.46. The molecule has 0 aliphatic heterocycles. The largest absolute Gasteiger partial charge is 0.388 e. The maximum absolute atomic E-state index is 13.3. The Labute approximate surface area is 121 Å². The molecule has 0 aliphatic rings. The van der Waals surface area contributed by atoms with Crippen LogP contribution < -0.4 is 0 Å². The van der Waals surface area contributed by atoms with Gasteiger partial charge in [-0.25, -0.2) is 4.39 Å². The van der Waals surface area contributed by atoms with Crippen molar-refractivity contribution < 1.29 is 9.50 Å². The quantitative estimate of drug-likeness (QED) is 0.840. The fourth-order valence-electron chi connectivity index (χ4n) is 1.86. The van der Waals surface area contributed by atoms with Crippen molar-refractivity contribution in [2.75, 3.05) is 6.26 Å². The Bertz CT molecular complexity index is 557. The summed E-state index contributed by atoms with van der Waals surface area (Å²) in [7, 11) is 0. The molecule has 0 spiro atoms. The van der Waals surface area contributed by atoms with Crippen LogP contribution in [0, 0.1) is 5.82 Å². The number of halogens is 2. The lowest BCUT2D eigenvalue weighted by atomic mass is 10.0. The van der Waals surface area contributed by atoms with Gasteiger partial charge in [-0.3, -0.25) is 0 Å². The maximum Gasteiger partial charge on any atom is 0.142 e. The first-order valence-corrected chi connectivity index (χ1v) is 7.47. The van der Waals surface area contributed by atoms with E-state index in [2.05, 4.69) is 0 Å². The van der Waals surface area contributed by atoms with E-state index in [0.29, 0.717) is 12.0 Å². The Balaban J connectivity index is 2.15. The molecule has 0 aliphatic carbocycles. The Morgan fingerprint density at radius 3 is 2.53 bits per heavy atom. The molecule has 19 heavy (non-hydrogen) atoms. The van der Waals surface area contributed by atoms with Gasteiger partial charge in [0.1, 0.15) is 5.82 Å². The van der Waals surface area contributed by atoms with E-state index in [4.69, 9.17) is 11.6 Å². The van der Waals surface area contributed by atoms with Gasteiger partial charge in [-0.1, -0.05) is 35.9 Å². The minimum atomic E-state index is -0.685. The monoisotopic (exact) mass is 296 g/mol. The zero-order chi connectivity index (χ0) is 13.8. The van der Waals surface area contributed by atoms with Gasteiger partial charge in [-0.15, -0.1) is 11.8 Å². The first-order valence-electron chi connectivity index (χ1n) is 5.86. The summed E-state index contributed by atoms with van der Waals surface area (Å²) < 4.78 is 13.3. The highest BCUT2D eigenvalue weighted by molar-refractivity contribution is 7.98. The predicted octanol–water partition coefficient (Wildman–Crippen LogP) is 4.48. The van der Waals surface area contributed by atoms with E-state index >= 15 is 0 Å². The van der Waals surface area contributed by atoms with E-state index in [1.807, 2.05) is 30.5 Å². The standard InChI is InChI=1S/C15H14ClFOS/c1-19-12-7-5-10(6-8-12)14(18)9-11-3-2-4-13(17)15(11)16/h2-8,14,18H,9H2,1H3. The van der Waals surface area contributed by atoms with Crippen LogP contribution in [0.2, 0.25) is 5.02 Å². The number of benzene rings is 2. The molecule has 1 atom stereocenters. The molecule has 1 N–H and O–H groups in total. The lowest BCUT2D eigenvalue weighted by Crippen LogP contribution is -2.02. The highest BCUT2D eigenvalue weighted by Gasteiger charge is 2.12. The number of hydrogen-bond donors (Lipinski definition) is 1. The molecule has 0 radical (unpaired) electrons. The molecule has 0 bridgehead atoms. The SMILES string of the molecule is CSc1ccc(C(O)Cc2cccc(F)c2Cl)cc1. The van der Waals surface area contributed by atoms with Gasteiger partial charge in [0.2, 0.25) is 0 Å². The van der Waals surface area contributed by atoms with E-state index in [1.165, 1.54) is 6.07 Å². The molecule has 0 fully saturated rings. The van der Waals surface area contributed by atoms with Crippen molar-refractivity contribution in [3.63, 3.8) is 0 Å². The second kappa shape index (κ2) is 6.42.